The Morgan fingerprint density at radius 2 is 2.25 bits per heavy atom. The van der Waals surface area contributed by atoms with Gasteiger partial charge < -0.3 is 10.6 Å². The summed E-state index contributed by atoms with van der Waals surface area (Å²) < 4.78 is 2.03. The molecule has 0 unspecified atom stereocenters. The van der Waals surface area contributed by atoms with Crippen LogP contribution in [0.1, 0.15) is 18.2 Å². The minimum absolute atomic E-state index is 0. The third-order valence-corrected chi connectivity index (χ3v) is 4.24. The van der Waals surface area contributed by atoms with Gasteiger partial charge >= 0.3 is 0 Å². The average Bonchev–Trinajstić information content (AvgIpc) is 3.11. The number of nitrogens with zero attached hydrogens (tertiary/aromatic N) is 3. The molecule has 2 N–H and O–H groups in total. The van der Waals surface area contributed by atoms with Crippen LogP contribution in [0.4, 0.5) is 0 Å². The Balaban J connectivity index is 0.00000208. The molecule has 0 amide bonds. The van der Waals surface area contributed by atoms with Gasteiger partial charge in [0.2, 0.25) is 0 Å². The quantitative estimate of drug-likeness (QED) is 0.334. The van der Waals surface area contributed by atoms with Gasteiger partial charge in [-0.3, -0.25) is 4.40 Å². The number of thiazole rings is 1. The lowest BCUT2D eigenvalue weighted by atomic mass is 10.2. The van der Waals surface area contributed by atoms with Crippen molar-refractivity contribution in [2.45, 2.75) is 20.0 Å². The number of nitrogens with one attached hydrogen (secondary N) is 2. The molecule has 0 atom stereocenters. The molecule has 0 spiro atoms. The van der Waals surface area contributed by atoms with E-state index < -0.39 is 0 Å². The van der Waals surface area contributed by atoms with E-state index in [2.05, 4.69) is 20.6 Å². The van der Waals surface area contributed by atoms with Gasteiger partial charge in [-0.05, 0) is 24.6 Å². The first-order valence-corrected chi connectivity index (χ1v) is 8.68. The molecule has 2 heterocycles. The van der Waals surface area contributed by atoms with Gasteiger partial charge in [-0.2, -0.15) is 0 Å². The highest BCUT2D eigenvalue weighted by molar-refractivity contribution is 14.0. The van der Waals surface area contributed by atoms with Crippen LogP contribution in [0, 0.1) is 0 Å². The number of imidazole rings is 1. The summed E-state index contributed by atoms with van der Waals surface area (Å²) >= 11 is 7.63. The van der Waals surface area contributed by atoms with Crippen molar-refractivity contribution in [1.82, 2.24) is 20.0 Å². The predicted octanol–water partition coefficient (Wildman–Crippen LogP) is 3.92. The molecular weight excluding hydrogens is 457 g/mol. The van der Waals surface area contributed by atoms with Gasteiger partial charge in [-0.1, -0.05) is 23.7 Å². The second-order valence-electron chi connectivity index (χ2n) is 5.00. The Morgan fingerprint density at radius 1 is 1.38 bits per heavy atom. The SMILES string of the molecule is CCNC(=NCc1cccc(Cl)c1)NCc1cn2ccsc2n1.I. The molecule has 0 aliphatic rings. The van der Waals surface area contributed by atoms with Crippen molar-refractivity contribution in [3.63, 3.8) is 0 Å². The molecule has 0 fully saturated rings. The normalized spacial score (nSPS) is 11.3. The minimum atomic E-state index is 0. The molecule has 0 saturated carbocycles. The van der Waals surface area contributed by atoms with Gasteiger partial charge in [0.05, 0.1) is 18.8 Å². The van der Waals surface area contributed by atoms with E-state index in [4.69, 9.17) is 11.6 Å². The van der Waals surface area contributed by atoms with E-state index >= 15 is 0 Å². The third kappa shape index (κ3) is 5.09. The molecule has 0 saturated heterocycles. The Bertz CT molecular complexity index is 785. The lowest BCUT2D eigenvalue weighted by molar-refractivity contribution is 0.804. The van der Waals surface area contributed by atoms with Gasteiger partial charge in [-0.15, -0.1) is 35.3 Å². The number of halogens is 2. The maximum atomic E-state index is 6.00. The molecule has 24 heavy (non-hydrogen) atoms. The Hall–Kier alpha value is -1.32. The van der Waals surface area contributed by atoms with Gasteiger partial charge in [0.15, 0.2) is 10.9 Å². The van der Waals surface area contributed by atoms with Crippen LogP contribution in [-0.4, -0.2) is 21.9 Å². The fraction of sp³-hybridized carbons (Fsp3) is 0.250. The monoisotopic (exact) mass is 475 g/mol. The van der Waals surface area contributed by atoms with Crippen molar-refractivity contribution in [2.75, 3.05) is 6.54 Å². The van der Waals surface area contributed by atoms with Crippen LogP contribution in [0.15, 0.2) is 47.0 Å². The molecule has 2 aromatic heterocycles. The second-order valence-corrected chi connectivity index (χ2v) is 6.31. The fourth-order valence-electron chi connectivity index (χ4n) is 2.18. The Labute approximate surface area is 167 Å². The van der Waals surface area contributed by atoms with Crippen LogP contribution >= 0.6 is 46.9 Å². The standard InChI is InChI=1S/C16H18ClN5S.HI/c1-2-18-15(19-9-12-4-3-5-13(17)8-12)20-10-14-11-22-6-7-23-16(22)21-14;/h3-8,11H,2,9-10H2,1H3,(H2,18,19,20);1H. The number of hydrogen-bond acceptors (Lipinski definition) is 3. The Morgan fingerprint density at radius 3 is 3.00 bits per heavy atom. The predicted molar refractivity (Wildman–Crippen MR) is 112 cm³/mol. The largest absolute Gasteiger partial charge is 0.357 e. The van der Waals surface area contributed by atoms with Gasteiger partial charge in [0, 0.05) is 29.3 Å². The molecule has 5 nitrogen and oxygen atoms in total. The number of hydrogen-bond donors (Lipinski definition) is 2. The van der Waals surface area contributed by atoms with Gasteiger partial charge in [0.25, 0.3) is 0 Å². The Kier molecular flexibility index (Phi) is 7.32. The highest BCUT2D eigenvalue weighted by Gasteiger charge is 2.04. The number of benzene rings is 1. The van der Waals surface area contributed by atoms with Crippen molar-refractivity contribution in [2.24, 2.45) is 4.99 Å². The summed E-state index contributed by atoms with van der Waals surface area (Å²) in [4.78, 5) is 10.1. The zero-order valence-electron chi connectivity index (χ0n) is 13.2. The third-order valence-electron chi connectivity index (χ3n) is 3.23. The van der Waals surface area contributed by atoms with Crippen molar-refractivity contribution in [3.8, 4) is 0 Å². The summed E-state index contributed by atoms with van der Waals surface area (Å²) in [6, 6.07) is 7.74. The minimum Gasteiger partial charge on any atom is -0.357 e. The van der Waals surface area contributed by atoms with E-state index in [0.29, 0.717) is 13.1 Å². The van der Waals surface area contributed by atoms with Crippen molar-refractivity contribution >= 4 is 57.8 Å². The summed E-state index contributed by atoms with van der Waals surface area (Å²) in [5, 5.41) is 9.30. The van der Waals surface area contributed by atoms with Gasteiger partial charge in [0.1, 0.15) is 0 Å². The van der Waals surface area contributed by atoms with Crippen molar-refractivity contribution < 1.29 is 0 Å². The number of aliphatic imine (C=N–C) groups is 1. The molecule has 8 heteroatoms. The van der Waals surface area contributed by atoms with Crippen LogP contribution in [-0.2, 0) is 13.1 Å². The topological polar surface area (TPSA) is 53.7 Å². The highest BCUT2D eigenvalue weighted by Crippen LogP contribution is 2.12. The van der Waals surface area contributed by atoms with E-state index in [1.54, 1.807) is 11.3 Å². The van der Waals surface area contributed by atoms with E-state index in [1.807, 2.05) is 53.4 Å². The van der Waals surface area contributed by atoms with E-state index in [-0.39, 0.29) is 24.0 Å². The smallest absolute Gasteiger partial charge is 0.193 e. The molecule has 128 valence electrons. The first kappa shape index (κ1) is 19.0. The summed E-state index contributed by atoms with van der Waals surface area (Å²) in [5.41, 5.74) is 2.07. The maximum absolute atomic E-state index is 6.00. The molecule has 3 aromatic rings. The lowest BCUT2D eigenvalue weighted by Crippen LogP contribution is -2.36. The molecule has 0 bridgehead atoms. The summed E-state index contributed by atoms with van der Waals surface area (Å²) in [6.07, 6.45) is 4.04. The van der Waals surface area contributed by atoms with Crippen LogP contribution in [0.5, 0.6) is 0 Å². The number of fused-ring (bicyclic) bond motifs is 1. The molecule has 0 radical (unpaired) electrons. The van der Waals surface area contributed by atoms with E-state index in [9.17, 15) is 0 Å². The molecule has 0 aliphatic heterocycles. The number of rotatable bonds is 5. The lowest BCUT2D eigenvalue weighted by Gasteiger charge is -2.10. The average molecular weight is 476 g/mol. The summed E-state index contributed by atoms with van der Waals surface area (Å²) in [7, 11) is 0. The van der Waals surface area contributed by atoms with Crippen molar-refractivity contribution in [3.05, 3.63) is 58.3 Å². The zero-order chi connectivity index (χ0) is 16.1. The van der Waals surface area contributed by atoms with Crippen LogP contribution < -0.4 is 10.6 Å². The van der Waals surface area contributed by atoms with Crippen LogP contribution in [0.25, 0.3) is 4.96 Å². The molecular formula is C16H19ClIN5S. The summed E-state index contributed by atoms with van der Waals surface area (Å²) in [6.45, 7) is 4.06. The van der Waals surface area contributed by atoms with Crippen molar-refractivity contribution in [1.29, 1.82) is 0 Å². The van der Waals surface area contributed by atoms with Crippen LogP contribution in [0.2, 0.25) is 5.02 Å². The first-order valence-electron chi connectivity index (χ1n) is 7.42. The fourth-order valence-corrected chi connectivity index (χ4v) is 3.11. The number of aromatic nitrogens is 2. The summed E-state index contributed by atoms with van der Waals surface area (Å²) in [5.74, 6) is 0.767. The second kappa shape index (κ2) is 9.24. The molecule has 1 aromatic carbocycles. The maximum Gasteiger partial charge on any atom is 0.193 e. The van der Waals surface area contributed by atoms with Crippen LogP contribution in [0.3, 0.4) is 0 Å². The highest BCUT2D eigenvalue weighted by atomic mass is 127. The zero-order valence-corrected chi connectivity index (χ0v) is 17.1. The van der Waals surface area contributed by atoms with E-state index in [0.717, 1.165) is 33.7 Å². The van der Waals surface area contributed by atoms with E-state index in [1.165, 1.54) is 0 Å². The molecule has 3 rings (SSSR count). The molecule has 0 aliphatic carbocycles. The number of guanidine groups is 1. The first-order chi connectivity index (χ1) is 11.2. The van der Waals surface area contributed by atoms with Gasteiger partial charge in [-0.25, -0.2) is 9.98 Å².